The summed E-state index contributed by atoms with van der Waals surface area (Å²) >= 11 is 6.08. The number of ether oxygens (including phenoxy) is 2. The van der Waals surface area contributed by atoms with Crippen LogP contribution in [0.3, 0.4) is 0 Å². The Morgan fingerprint density at radius 1 is 1.27 bits per heavy atom. The molecule has 0 spiro atoms. The predicted octanol–water partition coefficient (Wildman–Crippen LogP) is 3.82. The van der Waals surface area contributed by atoms with Gasteiger partial charge in [0.15, 0.2) is 11.5 Å². The van der Waals surface area contributed by atoms with Crippen LogP contribution in [-0.2, 0) is 0 Å². The van der Waals surface area contributed by atoms with E-state index in [1.54, 1.807) is 30.3 Å². The highest BCUT2D eigenvalue weighted by Gasteiger charge is 2.09. The van der Waals surface area contributed by atoms with Gasteiger partial charge in [-0.05, 0) is 55.3 Å². The molecule has 5 nitrogen and oxygen atoms in total. The van der Waals surface area contributed by atoms with E-state index in [0.29, 0.717) is 28.7 Å². The molecule has 0 aliphatic heterocycles. The molecule has 0 atom stereocenters. The third-order valence-corrected chi connectivity index (χ3v) is 3.64. The molecular weight excluding hydrogens is 352 g/mol. The van der Waals surface area contributed by atoms with Crippen LogP contribution in [0.25, 0.3) is 0 Å². The van der Waals surface area contributed by atoms with E-state index in [0.717, 1.165) is 11.1 Å². The smallest absolute Gasteiger partial charge is 0.272 e. The Hall–Kier alpha value is -2.97. The zero-order chi connectivity index (χ0) is 18.9. The average Bonchev–Trinajstić information content (AvgIpc) is 2.61. The molecule has 0 bridgehead atoms. The lowest BCUT2D eigenvalue weighted by Gasteiger charge is -2.10. The Morgan fingerprint density at radius 3 is 2.77 bits per heavy atom. The van der Waals surface area contributed by atoms with Gasteiger partial charge >= 0.3 is 0 Å². The second-order valence-electron chi connectivity index (χ2n) is 5.31. The van der Waals surface area contributed by atoms with Crippen LogP contribution in [0.15, 0.2) is 41.5 Å². The van der Waals surface area contributed by atoms with Crippen molar-refractivity contribution >= 4 is 23.7 Å². The largest absolute Gasteiger partial charge is 0.490 e. The summed E-state index contributed by atoms with van der Waals surface area (Å²) in [6.07, 6.45) is 6.71. The van der Waals surface area contributed by atoms with Gasteiger partial charge in [-0.1, -0.05) is 23.6 Å². The molecule has 0 saturated heterocycles. The Labute approximate surface area is 158 Å². The minimum atomic E-state index is -0.384. The van der Waals surface area contributed by atoms with Gasteiger partial charge in [0.1, 0.15) is 6.61 Å². The number of carbonyl (C=O) groups is 1. The van der Waals surface area contributed by atoms with Crippen LogP contribution in [0.2, 0.25) is 5.02 Å². The molecule has 2 rings (SSSR count). The molecule has 6 heteroatoms. The molecule has 0 unspecified atom stereocenters. The molecule has 134 valence electrons. The minimum absolute atomic E-state index is 0.154. The molecule has 2 aromatic rings. The number of nitrogens with one attached hydrogen (secondary N) is 1. The van der Waals surface area contributed by atoms with Gasteiger partial charge in [-0.15, -0.1) is 6.42 Å². The van der Waals surface area contributed by atoms with Crippen LogP contribution in [0.1, 0.15) is 28.4 Å². The lowest BCUT2D eigenvalue weighted by molar-refractivity contribution is 0.0955. The maximum Gasteiger partial charge on any atom is 0.272 e. The second kappa shape index (κ2) is 9.50. The van der Waals surface area contributed by atoms with E-state index in [1.807, 2.05) is 19.9 Å². The summed E-state index contributed by atoms with van der Waals surface area (Å²) in [5, 5.41) is 4.34. The van der Waals surface area contributed by atoms with Gasteiger partial charge in [0, 0.05) is 0 Å². The van der Waals surface area contributed by atoms with E-state index < -0.39 is 0 Å². The number of benzene rings is 2. The lowest BCUT2D eigenvalue weighted by atomic mass is 10.1. The fourth-order valence-electron chi connectivity index (χ4n) is 2.14. The fraction of sp³-hybridized carbons (Fsp3) is 0.200. The zero-order valence-electron chi connectivity index (χ0n) is 14.6. The van der Waals surface area contributed by atoms with Crippen LogP contribution in [0.4, 0.5) is 0 Å². The Balaban J connectivity index is 2.08. The van der Waals surface area contributed by atoms with Crippen LogP contribution in [-0.4, -0.2) is 25.3 Å². The lowest BCUT2D eigenvalue weighted by Crippen LogP contribution is -2.18. The summed E-state index contributed by atoms with van der Waals surface area (Å²) in [5.74, 6) is 3.13. The first kappa shape index (κ1) is 19.4. The first-order valence-electron chi connectivity index (χ1n) is 7.97. The van der Waals surface area contributed by atoms with E-state index >= 15 is 0 Å². The van der Waals surface area contributed by atoms with E-state index in [1.165, 1.54) is 6.21 Å². The van der Waals surface area contributed by atoms with E-state index in [-0.39, 0.29) is 12.5 Å². The van der Waals surface area contributed by atoms with Gasteiger partial charge < -0.3 is 9.47 Å². The highest BCUT2D eigenvalue weighted by atomic mass is 35.5. The van der Waals surface area contributed by atoms with Crippen LogP contribution >= 0.6 is 11.6 Å². The average molecular weight is 371 g/mol. The van der Waals surface area contributed by atoms with E-state index in [4.69, 9.17) is 27.5 Å². The second-order valence-corrected chi connectivity index (χ2v) is 5.72. The molecule has 1 N–H and O–H groups in total. The van der Waals surface area contributed by atoms with Gasteiger partial charge in [0.2, 0.25) is 0 Å². The third kappa shape index (κ3) is 5.27. The number of hydrogen-bond acceptors (Lipinski definition) is 4. The molecule has 0 radical (unpaired) electrons. The maximum absolute atomic E-state index is 12.1. The third-order valence-electron chi connectivity index (χ3n) is 3.33. The first-order valence-corrected chi connectivity index (χ1v) is 8.35. The maximum atomic E-state index is 12.1. The number of terminal acetylenes is 1. The van der Waals surface area contributed by atoms with Crippen molar-refractivity contribution in [3.05, 3.63) is 58.1 Å². The van der Waals surface area contributed by atoms with Crippen molar-refractivity contribution in [2.45, 2.75) is 13.8 Å². The summed E-state index contributed by atoms with van der Waals surface area (Å²) in [6, 6.07) is 10.5. The fourth-order valence-corrected chi connectivity index (χ4v) is 2.46. The Kier molecular flexibility index (Phi) is 7.07. The normalized spacial score (nSPS) is 10.4. The summed E-state index contributed by atoms with van der Waals surface area (Å²) < 4.78 is 11.0. The SMILES string of the molecule is C#CCOc1ccc(/C=N\NC(=O)c2ccc(C)cc2Cl)cc1OCC. The predicted molar refractivity (Wildman–Crippen MR) is 103 cm³/mol. The van der Waals surface area contributed by atoms with Crippen molar-refractivity contribution in [1.82, 2.24) is 5.43 Å². The summed E-state index contributed by atoms with van der Waals surface area (Å²) in [4.78, 5) is 12.1. The van der Waals surface area contributed by atoms with Crippen molar-refractivity contribution in [2.24, 2.45) is 5.10 Å². The monoisotopic (exact) mass is 370 g/mol. The molecule has 0 heterocycles. The summed E-state index contributed by atoms with van der Waals surface area (Å²) in [5.41, 5.74) is 4.53. The van der Waals surface area contributed by atoms with Crippen molar-refractivity contribution in [3.8, 4) is 23.8 Å². The topological polar surface area (TPSA) is 59.9 Å². The summed E-state index contributed by atoms with van der Waals surface area (Å²) in [6.45, 7) is 4.41. The van der Waals surface area contributed by atoms with Gasteiger partial charge in [-0.2, -0.15) is 5.10 Å². The molecule has 0 aliphatic carbocycles. The number of rotatable bonds is 7. The molecule has 0 aromatic heterocycles. The van der Waals surface area contributed by atoms with Crippen molar-refractivity contribution in [3.63, 3.8) is 0 Å². The standard InChI is InChI=1S/C20H19ClN2O3/c1-4-10-26-18-9-7-15(12-19(18)25-5-2)13-22-23-20(24)16-8-6-14(3)11-17(16)21/h1,6-9,11-13H,5,10H2,2-3H3,(H,23,24)/b22-13-. The molecule has 26 heavy (non-hydrogen) atoms. The highest BCUT2D eigenvalue weighted by Crippen LogP contribution is 2.28. The number of amides is 1. The van der Waals surface area contributed by atoms with Gasteiger partial charge in [-0.25, -0.2) is 5.43 Å². The van der Waals surface area contributed by atoms with Crippen LogP contribution in [0, 0.1) is 19.3 Å². The van der Waals surface area contributed by atoms with Gasteiger partial charge in [0.05, 0.1) is 23.4 Å². The number of hydrogen-bond donors (Lipinski definition) is 1. The number of nitrogens with zero attached hydrogens (tertiary/aromatic N) is 1. The highest BCUT2D eigenvalue weighted by molar-refractivity contribution is 6.33. The van der Waals surface area contributed by atoms with Crippen LogP contribution in [0.5, 0.6) is 11.5 Å². The van der Waals surface area contributed by atoms with E-state index in [9.17, 15) is 4.79 Å². The van der Waals surface area contributed by atoms with Crippen molar-refractivity contribution < 1.29 is 14.3 Å². The number of hydrazone groups is 1. The number of aryl methyl sites for hydroxylation is 1. The quantitative estimate of drug-likeness (QED) is 0.458. The minimum Gasteiger partial charge on any atom is -0.490 e. The van der Waals surface area contributed by atoms with Gasteiger partial charge in [-0.3, -0.25) is 4.79 Å². The van der Waals surface area contributed by atoms with Crippen molar-refractivity contribution in [1.29, 1.82) is 0 Å². The summed E-state index contributed by atoms with van der Waals surface area (Å²) in [7, 11) is 0. The molecule has 0 aliphatic rings. The first-order chi connectivity index (χ1) is 12.5. The van der Waals surface area contributed by atoms with E-state index in [2.05, 4.69) is 16.4 Å². The Bertz CT molecular complexity index is 857. The van der Waals surface area contributed by atoms with Crippen molar-refractivity contribution in [2.75, 3.05) is 13.2 Å². The number of halogens is 1. The Morgan fingerprint density at radius 2 is 2.08 bits per heavy atom. The molecule has 2 aromatic carbocycles. The molecule has 0 saturated carbocycles. The number of carbonyl (C=O) groups excluding carboxylic acids is 1. The zero-order valence-corrected chi connectivity index (χ0v) is 15.3. The van der Waals surface area contributed by atoms with Crippen LogP contribution < -0.4 is 14.9 Å². The van der Waals surface area contributed by atoms with Gasteiger partial charge in [0.25, 0.3) is 5.91 Å². The molecule has 1 amide bonds. The molecule has 0 fully saturated rings. The molecular formula is C20H19ClN2O3.